The normalized spacial score (nSPS) is 28.4. The van der Waals surface area contributed by atoms with Crippen LogP contribution in [0.3, 0.4) is 0 Å². The summed E-state index contributed by atoms with van der Waals surface area (Å²) < 4.78 is 0. The third-order valence-electron chi connectivity index (χ3n) is 3.20. The minimum Gasteiger partial charge on any atom is -0.395 e. The summed E-state index contributed by atoms with van der Waals surface area (Å²) in [6, 6.07) is 12.0. The van der Waals surface area contributed by atoms with Gasteiger partial charge in [-0.3, -0.25) is 0 Å². The lowest BCUT2D eigenvalue weighted by Gasteiger charge is -2.16. The molecule has 4 nitrogen and oxygen atoms in total. The Morgan fingerprint density at radius 1 is 1.41 bits per heavy atom. The Morgan fingerprint density at radius 3 is 2.65 bits per heavy atom. The predicted molar refractivity (Wildman–Crippen MR) is 65.0 cm³/mol. The Bertz CT molecular complexity index is 401. The van der Waals surface area contributed by atoms with Crippen LogP contribution in [-0.2, 0) is 6.42 Å². The Balaban J connectivity index is 1.88. The summed E-state index contributed by atoms with van der Waals surface area (Å²) in [5.74, 6) is -0.111. The van der Waals surface area contributed by atoms with Crippen LogP contribution in [0, 0.1) is 17.2 Å². The van der Waals surface area contributed by atoms with Crippen LogP contribution in [0.1, 0.15) is 5.56 Å². The van der Waals surface area contributed by atoms with E-state index in [1.807, 2.05) is 30.3 Å². The fourth-order valence-corrected chi connectivity index (χ4v) is 2.06. The van der Waals surface area contributed by atoms with Gasteiger partial charge in [0, 0.05) is 18.1 Å². The van der Waals surface area contributed by atoms with Gasteiger partial charge in [0.2, 0.25) is 0 Å². The molecule has 1 aliphatic carbocycles. The fourth-order valence-electron chi connectivity index (χ4n) is 2.06. The molecule has 2 rings (SSSR count). The molecule has 0 bridgehead atoms. The number of benzene rings is 1. The van der Waals surface area contributed by atoms with Gasteiger partial charge in [-0.05, 0) is 12.0 Å². The monoisotopic (exact) mass is 231 g/mol. The molecule has 1 aromatic rings. The summed E-state index contributed by atoms with van der Waals surface area (Å²) in [6.45, 7) is 0.0518. The quantitative estimate of drug-likeness (QED) is 0.667. The molecule has 17 heavy (non-hydrogen) atoms. The van der Waals surface area contributed by atoms with E-state index >= 15 is 0 Å². The Kier molecular flexibility index (Phi) is 3.75. The average Bonchev–Trinajstić information content (AvgIpc) is 2.99. The molecule has 0 heterocycles. The maximum atomic E-state index is 9.32. The number of nitriles is 1. The first-order valence-electron chi connectivity index (χ1n) is 5.82. The number of nitrogens with two attached hydrogens (primary N) is 1. The van der Waals surface area contributed by atoms with Crippen LogP contribution < -0.4 is 11.1 Å². The molecule has 0 amide bonds. The zero-order valence-electron chi connectivity index (χ0n) is 9.58. The third kappa shape index (κ3) is 2.83. The van der Waals surface area contributed by atoms with E-state index in [0.29, 0.717) is 0 Å². The second-order valence-corrected chi connectivity index (χ2v) is 4.49. The largest absolute Gasteiger partial charge is 0.395 e. The first-order chi connectivity index (χ1) is 8.26. The average molecular weight is 231 g/mol. The number of rotatable bonds is 5. The van der Waals surface area contributed by atoms with Crippen molar-refractivity contribution in [3.8, 4) is 6.07 Å². The molecule has 0 radical (unpaired) electrons. The first kappa shape index (κ1) is 12.1. The first-order valence-corrected chi connectivity index (χ1v) is 5.82. The highest BCUT2D eigenvalue weighted by Gasteiger charge is 2.48. The van der Waals surface area contributed by atoms with Gasteiger partial charge in [-0.1, -0.05) is 30.3 Å². The SMILES string of the molecule is N#CC1C(N)C1N[C@H](CO)Cc1ccccc1. The van der Waals surface area contributed by atoms with E-state index in [-0.39, 0.29) is 30.7 Å². The van der Waals surface area contributed by atoms with Crippen molar-refractivity contribution in [3.05, 3.63) is 35.9 Å². The molecular weight excluding hydrogens is 214 g/mol. The molecule has 4 N–H and O–H groups in total. The topological polar surface area (TPSA) is 82.1 Å². The molecule has 4 atom stereocenters. The lowest BCUT2D eigenvalue weighted by Crippen LogP contribution is -2.38. The molecule has 4 heteroatoms. The fraction of sp³-hybridized carbons (Fsp3) is 0.462. The number of nitrogens with one attached hydrogen (secondary N) is 1. The molecule has 90 valence electrons. The van der Waals surface area contributed by atoms with Crippen molar-refractivity contribution in [2.75, 3.05) is 6.61 Å². The second-order valence-electron chi connectivity index (χ2n) is 4.49. The van der Waals surface area contributed by atoms with Crippen LogP contribution in [0.5, 0.6) is 0 Å². The smallest absolute Gasteiger partial charge is 0.0798 e. The van der Waals surface area contributed by atoms with Gasteiger partial charge in [0.25, 0.3) is 0 Å². The van der Waals surface area contributed by atoms with Gasteiger partial charge >= 0.3 is 0 Å². The van der Waals surface area contributed by atoms with Gasteiger partial charge in [0.15, 0.2) is 0 Å². The van der Waals surface area contributed by atoms with E-state index in [4.69, 9.17) is 11.0 Å². The molecule has 3 unspecified atom stereocenters. The Morgan fingerprint density at radius 2 is 2.12 bits per heavy atom. The summed E-state index contributed by atoms with van der Waals surface area (Å²) in [7, 11) is 0. The van der Waals surface area contributed by atoms with Crippen molar-refractivity contribution in [1.29, 1.82) is 5.26 Å². The molecule has 1 saturated carbocycles. The number of aliphatic hydroxyl groups is 1. The van der Waals surface area contributed by atoms with Gasteiger partial charge in [-0.15, -0.1) is 0 Å². The maximum absolute atomic E-state index is 9.32. The summed E-state index contributed by atoms with van der Waals surface area (Å²) in [4.78, 5) is 0. The third-order valence-corrected chi connectivity index (χ3v) is 3.20. The number of aliphatic hydroxyl groups excluding tert-OH is 1. The van der Waals surface area contributed by atoms with Crippen LogP contribution in [0.15, 0.2) is 30.3 Å². The van der Waals surface area contributed by atoms with Crippen molar-refractivity contribution < 1.29 is 5.11 Å². The predicted octanol–water partition coefficient (Wildman–Crippen LogP) is 0.0289. The van der Waals surface area contributed by atoms with Gasteiger partial charge in [0.1, 0.15) is 0 Å². The van der Waals surface area contributed by atoms with Gasteiger partial charge in [0.05, 0.1) is 18.6 Å². The summed E-state index contributed by atoms with van der Waals surface area (Å²) in [5, 5.41) is 21.4. The van der Waals surface area contributed by atoms with E-state index < -0.39 is 0 Å². The molecule has 0 spiro atoms. The standard InChI is InChI=1S/C13H17N3O/c14-7-11-12(15)13(11)16-10(8-17)6-9-4-2-1-3-5-9/h1-5,10-13,16-17H,6,8,15H2/t10-,11?,12?,13?/m0/s1. The highest BCUT2D eigenvalue weighted by molar-refractivity contribution is 5.20. The Hall–Kier alpha value is -1.41. The summed E-state index contributed by atoms with van der Waals surface area (Å²) in [5.41, 5.74) is 6.92. The van der Waals surface area contributed by atoms with Crippen LogP contribution in [-0.4, -0.2) is 29.8 Å². The Labute approximate surface area is 101 Å². The van der Waals surface area contributed by atoms with Crippen molar-refractivity contribution >= 4 is 0 Å². The second kappa shape index (κ2) is 5.28. The van der Waals surface area contributed by atoms with E-state index in [0.717, 1.165) is 6.42 Å². The van der Waals surface area contributed by atoms with Crippen LogP contribution in [0.4, 0.5) is 0 Å². The van der Waals surface area contributed by atoms with Crippen LogP contribution in [0.2, 0.25) is 0 Å². The number of hydrogen-bond donors (Lipinski definition) is 3. The number of hydrogen-bond acceptors (Lipinski definition) is 4. The molecule has 1 fully saturated rings. The molecular formula is C13H17N3O. The molecule has 0 saturated heterocycles. The summed E-state index contributed by atoms with van der Waals surface area (Å²) in [6.07, 6.45) is 0.749. The van der Waals surface area contributed by atoms with Gasteiger partial charge in [-0.25, -0.2) is 0 Å². The maximum Gasteiger partial charge on any atom is 0.0798 e. The number of nitrogens with zero attached hydrogens (tertiary/aromatic N) is 1. The van der Waals surface area contributed by atoms with Gasteiger partial charge in [-0.2, -0.15) is 5.26 Å². The highest BCUT2D eigenvalue weighted by atomic mass is 16.3. The van der Waals surface area contributed by atoms with E-state index in [2.05, 4.69) is 11.4 Å². The van der Waals surface area contributed by atoms with Gasteiger partial charge < -0.3 is 16.2 Å². The van der Waals surface area contributed by atoms with E-state index in [9.17, 15) is 5.11 Å². The molecule has 0 aromatic heterocycles. The molecule has 0 aliphatic heterocycles. The molecule has 1 aliphatic rings. The van der Waals surface area contributed by atoms with Crippen LogP contribution in [0.25, 0.3) is 0 Å². The minimum absolute atomic E-state index is 0.0286. The zero-order valence-corrected chi connectivity index (χ0v) is 9.58. The molecule has 1 aromatic carbocycles. The highest BCUT2D eigenvalue weighted by Crippen LogP contribution is 2.28. The summed E-state index contributed by atoms with van der Waals surface area (Å²) >= 11 is 0. The minimum atomic E-state index is -0.111. The van der Waals surface area contributed by atoms with Crippen molar-refractivity contribution in [2.45, 2.75) is 24.5 Å². The van der Waals surface area contributed by atoms with E-state index in [1.165, 1.54) is 5.56 Å². The zero-order chi connectivity index (χ0) is 12.3. The van der Waals surface area contributed by atoms with Crippen LogP contribution >= 0.6 is 0 Å². The van der Waals surface area contributed by atoms with Crippen molar-refractivity contribution in [2.24, 2.45) is 11.7 Å². The lowest BCUT2D eigenvalue weighted by molar-refractivity contribution is 0.239. The lowest BCUT2D eigenvalue weighted by atomic mass is 10.1. The van der Waals surface area contributed by atoms with E-state index in [1.54, 1.807) is 0 Å². The van der Waals surface area contributed by atoms with Crippen molar-refractivity contribution in [1.82, 2.24) is 5.32 Å². The van der Waals surface area contributed by atoms with Crippen molar-refractivity contribution in [3.63, 3.8) is 0 Å².